The predicted molar refractivity (Wildman–Crippen MR) is 86.0 cm³/mol. The molecule has 23 heavy (non-hydrogen) atoms. The van der Waals surface area contributed by atoms with Gasteiger partial charge in [-0.25, -0.2) is 4.79 Å². The van der Waals surface area contributed by atoms with Gasteiger partial charge in [0, 0.05) is 30.4 Å². The molecule has 5 nitrogen and oxygen atoms in total. The van der Waals surface area contributed by atoms with Gasteiger partial charge in [0.2, 0.25) is 0 Å². The Bertz CT molecular complexity index is 774. The molecule has 0 bridgehead atoms. The SMILES string of the molecule is Cn1cc(C=CC(=O)OCC(=O)c2ccc3c(c2)CCC3)cn1. The molecule has 0 atom stereocenters. The zero-order valence-corrected chi connectivity index (χ0v) is 13.0. The number of nitrogens with zero attached hydrogens (tertiary/aromatic N) is 2. The van der Waals surface area contributed by atoms with Gasteiger partial charge >= 0.3 is 5.97 Å². The molecule has 1 aliphatic rings. The summed E-state index contributed by atoms with van der Waals surface area (Å²) >= 11 is 0. The van der Waals surface area contributed by atoms with Crippen LogP contribution in [0, 0.1) is 0 Å². The average molecular weight is 310 g/mol. The van der Waals surface area contributed by atoms with Crippen LogP contribution in [0.3, 0.4) is 0 Å². The molecule has 0 aliphatic heterocycles. The van der Waals surface area contributed by atoms with Crippen molar-refractivity contribution in [3.05, 3.63) is 58.9 Å². The summed E-state index contributed by atoms with van der Waals surface area (Å²) in [7, 11) is 1.80. The third-order valence-electron chi connectivity index (χ3n) is 3.90. The van der Waals surface area contributed by atoms with E-state index in [1.54, 1.807) is 30.2 Å². The summed E-state index contributed by atoms with van der Waals surface area (Å²) in [6.45, 7) is -0.241. The molecule has 1 heterocycles. The van der Waals surface area contributed by atoms with Crippen LogP contribution in [0.15, 0.2) is 36.7 Å². The summed E-state index contributed by atoms with van der Waals surface area (Å²) in [5.41, 5.74) is 3.96. The molecule has 3 rings (SSSR count). The summed E-state index contributed by atoms with van der Waals surface area (Å²) in [6, 6.07) is 5.73. The van der Waals surface area contributed by atoms with Crippen molar-refractivity contribution in [2.24, 2.45) is 7.05 Å². The highest BCUT2D eigenvalue weighted by Gasteiger charge is 2.14. The van der Waals surface area contributed by atoms with Crippen LogP contribution in [0.4, 0.5) is 0 Å². The Morgan fingerprint density at radius 1 is 1.30 bits per heavy atom. The van der Waals surface area contributed by atoms with Crippen molar-refractivity contribution in [1.82, 2.24) is 9.78 Å². The van der Waals surface area contributed by atoms with Gasteiger partial charge in [-0.1, -0.05) is 12.1 Å². The molecule has 0 spiro atoms. The number of ether oxygens (including phenoxy) is 1. The van der Waals surface area contributed by atoms with Crippen molar-refractivity contribution in [3.8, 4) is 0 Å². The van der Waals surface area contributed by atoms with Gasteiger partial charge < -0.3 is 4.74 Å². The fourth-order valence-corrected chi connectivity index (χ4v) is 2.70. The number of benzene rings is 1. The lowest BCUT2D eigenvalue weighted by atomic mass is 10.0. The Labute approximate surface area is 134 Å². The highest BCUT2D eigenvalue weighted by atomic mass is 16.5. The standard InChI is InChI=1S/C18H18N2O3/c1-20-11-13(10-19-20)5-8-18(22)23-12-17(21)16-7-6-14-3-2-4-15(14)9-16/h5-11H,2-4,12H2,1H3. The highest BCUT2D eigenvalue weighted by molar-refractivity contribution is 5.99. The zero-order chi connectivity index (χ0) is 16.2. The number of carbonyl (C=O) groups excluding carboxylic acids is 2. The molecule has 118 valence electrons. The van der Waals surface area contributed by atoms with Crippen molar-refractivity contribution in [2.75, 3.05) is 6.61 Å². The minimum Gasteiger partial charge on any atom is -0.454 e. The maximum Gasteiger partial charge on any atom is 0.331 e. The summed E-state index contributed by atoms with van der Waals surface area (Å²) in [4.78, 5) is 23.8. The average Bonchev–Trinajstić information content (AvgIpc) is 3.18. The van der Waals surface area contributed by atoms with E-state index in [0.29, 0.717) is 5.56 Å². The third-order valence-corrected chi connectivity index (χ3v) is 3.90. The topological polar surface area (TPSA) is 61.2 Å². The van der Waals surface area contributed by atoms with Crippen molar-refractivity contribution in [1.29, 1.82) is 0 Å². The fourth-order valence-electron chi connectivity index (χ4n) is 2.70. The summed E-state index contributed by atoms with van der Waals surface area (Å²) < 4.78 is 6.64. The van der Waals surface area contributed by atoms with Crippen LogP contribution in [0.2, 0.25) is 0 Å². The van der Waals surface area contributed by atoms with E-state index in [1.807, 2.05) is 18.2 Å². The Morgan fingerprint density at radius 3 is 2.91 bits per heavy atom. The molecule has 1 aromatic carbocycles. The first kappa shape index (κ1) is 15.2. The van der Waals surface area contributed by atoms with Gasteiger partial charge in [-0.15, -0.1) is 0 Å². The first-order valence-electron chi connectivity index (χ1n) is 7.60. The fraction of sp³-hybridized carbons (Fsp3) is 0.278. The molecular formula is C18H18N2O3. The Balaban J connectivity index is 1.54. The zero-order valence-electron chi connectivity index (χ0n) is 13.0. The molecule has 2 aromatic rings. The lowest BCUT2D eigenvalue weighted by Gasteiger charge is -2.04. The Hall–Kier alpha value is -2.69. The lowest BCUT2D eigenvalue weighted by molar-refractivity contribution is -0.136. The van der Waals surface area contributed by atoms with E-state index in [4.69, 9.17) is 4.74 Å². The number of rotatable bonds is 5. The van der Waals surface area contributed by atoms with Crippen molar-refractivity contribution >= 4 is 17.8 Å². The number of aromatic nitrogens is 2. The minimum atomic E-state index is -0.539. The summed E-state index contributed by atoms with van der Waals surface area (Å²) in [6.07, 6.45) is 9.56. The number of aryl methyl sites for hydroxylation is 3. The molecule has 5 heteroatoms. The van der Waals surface area contributed by atoms with E-state index >= 15 is 0 Å². The molecule has 0 N–H and O–H groups in total. The van der Waals surface area contributed by atoms with Gasteiger partial charge in [0.25, 0.3) is 0 Å². The number of Topliss-reactive ketones (excluding diaryl/α,β-unsaturated/α-hetero) is 1. The van der Waals surface area contributed by atoms with Crippen LogP contribution >= 0.6 is 0 Å². The first-order valence-corrected chi connectivity index (χ1v) is 7.60. The molecule has 0 fully saturated rings. The van der Waals surface area contributed by atoms with Crippen molar-refractivity contribution in [2.45, 2.75) is 19.3 Å². The lowest BCUT2D eigenvalue weighted by Crippen LogP contribution is -2.12. The van der Waals surface area contributed by atoms with Crippen LogP contribution < -0.4 is 0 Å². The quantitative estimate of drug-likeness (QED) is 0.483. The van der Waals surface area contributed by atoms with E-state index in [0.717, 1.165) is 24.8 Å². The van der Waals surface area contributed by atoms with Crippen LogP contribution in [0.1, 0.15) is 33.5 Å². The largest absolute Gasteiger partial charge is 0.454 e. The van der Waals surface area contributed by atoms with E-state index in [-0.39, 0.29) is 12.4 Å². The van der Waals surface area contributed by atoms with Crippen molar-refractivity contribution < 1.29 is 14.3 Å². The molecule has 0 saturated heterocycles. The van der Waals surface area contributed by atoms with Gasteiger partial charge in [-0.3, -0.25) is 9.48 Å². The molecular weight excluding hydrogens is 292 g/mol. The molecule has 0 radical (unpaired) electrons. The van der Waals surface area contributed by atoms with Crippen LogP contribution in [0.25, 0.3) is 6.08 Å². The van der Waals surface area contributed by atoms with Crippen LogP contribution in [-0.2, 0) is 29.4 Å². The van der Waals surface area contributed by atoms with Gasteiger partial charge in [0.05, 0.1) is 6.20 Å². The van der Waals surface area contributed by atoms with E-state index in [9.17, 15) is 9.59 Å². The Kier molecular flexibility index (Phi) is 4.37. The van der Waals surface area contributed by atoms with Gasteiger partial charge in [-0.2, -0.15) is 5.10 Å². The third kappa shape index (κ3) is 3.74. The monoisotopic (exact) mass is 310 g/mol. The molecule has 0 amide bonds. The van der Waals surface area contributed by atoms with Gasteiger partial charge in [0.15, 0.2) is 12.4 Å². The molecule has 0 unspecified atom stereocenters. The van der Waals surface area contributed by atoms with Crippen molar-refractivity contribution in [3.63, 3.8) is 0 Å². The number of hydrogen-bond donors (Lipinski definition) is 0. The number of ketones is 1. The van der Waals surface area contributed by atoms with E-state index in [1.165, 1.54) is 17.2 Å². The van der Waals surface area contributed by atoms with Gasteiger partial charge in [0.1, 0.15) is 0 Å². The minimum absolute atomic E-state index is 0.178. The van der Waals surface area contributed by atoms with Crippen LogP contribution in [0.5, 0.6) is 0 Å². The number of hydrogen-bond acceptors (Lipinski definition) is 4. The number of fused-ring (bicyclic) bond motifs is 1. The molecule has 1 aliphatic carbocycles. The summed E-state index contributed by atoms with van der Waals surface area (Å²) in [5.74, 6) is -0.716. The second-order valence-corrected chi connectivity index (χ2v) is 5.65. The predicted octanol–water partition coefficient (Wildman–Crippen LogP) is 2.35. The second kappa shape index (κ2) is 6.60. The number of carbonyl (C=O) groups is 2. The normalized spacial score (nSPS) is 13.3. The maximum absolute atomic E-state index is 12.1. The van der Waals surface area contributed by atoms with E-state index in [2.05, 4.69) is 5.10 Å². The Morgan fingerprint density at radius 2 is 2.13 bits per heavy atom. The smallest absolute Gasteiger partial charge is 0.331 e. The van der Waals surface area contributed by atoms with Gasteiger partial charge in [-0.05, 0) is 42.5 Å². The molecule has 1 aromatic heterocycles. The molecule has 0 saturated carbocycles. The maximum atomic E-state index is 12.1. The second-order valence-electron chi connectivity index (χ2n) is 5.65. The van der Waals surface area contributed by atoms with Crippen LogP contribution in [-0.4, -0.2) is 28.1 Å². The first-order chi connectivity index (χ1) is 11.1. The summed E-state index contributed by atoms with van der Waals surface area (Å²) in [5, 5.41) is 4.00. The van der Waals surface area contributed by atoms with E-state index < -0.39 is 5.97 Å². The highest BCUT2D eigenvalue weighted by Crippen LogP contribution is 2.23. The number of esters is 1.